The Morgan fingerprint density at radius 3 is 2.13 bits per heavy atom. The number of amides is 2. The van der Waals surface area contributed by atoms with Gasteiger partial charge in [0.15, 0.2) is 0 Å². The van der Waals surface area contributed by atoms with E-state index in [-0.39, 0.29) is 24.4 Å². The molecule has 4 rings (SSSR count). The second kappa shape index (κ2) is 15.1. The maximum absolute atomic E-state index is 14.4. The normalized spacial score (nSPS) is 12.3. The molecular formula is C33H30BrClF3N3O4S. The molecule has 242 valence electrons. The van der Waals surface area contributed by atoms with Gasteiger partial charge >= 0.3 is 6.18 Å². The Bertz CT molecular complexity index is 1780. The van der Waals surface area contributed by atoms with Crippen LogP contribution in [0.1, 0.15) is 23.6 Å². The second-order valence-corrected chi connectivity index (χ2v) is 13.4. The second-order valence-electron chi connectivity index (χ2n) is 10.2. The highest BCUT2D eigenvalue weighted by atomic mass is 79.9. The smallest absolute Gasteiger partial charge is 0.355 e. The van der Waals surface area contributed by atoms with Crippen LogP contribution in [0.25, 0.3) is 0 Å². The van der Waals surface area contributed by atoms with Crippen LogP contribution in [0, 0.1) is 0 Å². The highest BCUT2D eigenvalue weighted by molar-refractivity contribution is 9.10. The van der Waals surface area contributed by atoms with Gasteiger partial charge in [-0.2, -0.15) is 13.2 Å². The van der Waals surface area contributed by atoms with E-state index < -0.39 is 56.9 Å². The highest BCUT2D eigenvalue weighted by Gasteiger charge is 2.37. The van der Waals surface area contributed by atoms with Crippen LogP contribution >= 0.6 is 27.5 Å². The number of halogens is 5. The largest absolute Gasteiger partial charge is 0.417 e. The van der Waals surface area contributed by atoms with E-state index in [0.29, 0.717) is 20.4 Å². The minimum absolute atomic E-state index is 0.0943. The molecule has 0 saturated carbocycles. The molecule has 46 heavy (non-hydrogen) atoms. The van der Waals surface area contributed by atoms with E-state index in [4.69, 9.17) is 11.6 Å². The summed E-state index contributed by atoms with van der Waals surface area (Å²) in [6.45, 7) is 0.989. The first-order chi connectivity index (χ1) is 21.8. The molecule has 1 N–H and O–H groups in total. The van der Waals surface area contributed by atoms with Gasteiger partial charge in [-0.15, -0.1) is 0 Å². The molecule has 1 atom stereocenters. The highest BCUT2D eigenvalue weighted by Crippen LogP contribution is 2.38. The number of rotatable bonds is 12. The third kappa shape index (κ3) is 8.68. The number of benzene rings is 4. The van der Waals surface area contributed by atoms with E-state index in [2.05, 4.69) is 21.2 Å². The molecule has 0 radical (unpaired) electrons. The molecule has 0 aliphatic carbocycles. The molecule has 0 unspecified atom stereocenters. The van der Waals surface area contributed by atoms with Gasteiger partial charge in [0, 0.05) is 24.0 Å². The predicted octanol–water partition coefficient (Wildman–Crippen LogP) is 7.09. The van der Waals surface area contributed by atoms with Crippen molar-refractivity contribution in [2.75, 3.05) is 17.4 Å². The van der Waals surface area contributed by atoms with Crippen LogP contribution in [-0.4, -0.2) is 44.3 Å². The maximum Gasteiger partial charge on any atom is 0.417 e. The first kappa shape index (κ1) is 35.0. The van der Waals surface area contributed by atoms with Crippen molar-refractivity contribution in [3.63, 3.8) is 0 Å². The van der Waals surface area contributed by atoms with Crippen LogP contribution in [0.5, 0.6) is 0 Å². The van der Waals surface area contributed by atoms with Crippen LogP contribution in [0.15, 0.2) is 112 Å². The van der Waals surface area contributed by atoms with Gasteiger partial charge < -0.3 is 10.2 Å². The standard InChI is InChI=1S/C33H30BrClF3N3O4S/c1-2-39-32(43)30(19-23-10-5-3-6-11-23)40(21-24-12-9-13-25(34)18-24)31(42)22-41(46(44,45)27-14-7-4-8-15-27)26-16-17-29(35)28(20-26)33(36,37)38/h3-18,20,30H,2,19,21-22H2,1H3,(H,39,43)/t30-/m0/s1. The van der Waals surface area contributed by atoms with Crippen LogP contribution in [0.2, 0.25) is 5.02 Å². The van der Waals surface area contributed by atoms with Crippen molar-refractivity contribution in [3.05, 3.63) is 129 Å². The zero-order chi connectivity index (χ0) is 33.5. The van der Waals surface area contributed by atoms with E-state index in [9.17, 15) is 31.2 Å². The van der Waals surface area contributed by atoms with Crippen molar-refractivity contribution in [2.45, 2.75) is 37.0 Å². The van der Waals surface area contributed by atoms with E-state index in [1.807, 2.05) is 6.07 Å². The lowest BCUT2D eigenvalue weighted by Crippen LogP contribution is -2.53. The van der Waals surface area contributed by atoms with E-state index in [1.165, 1.54) is 29.2 Å². The van der Waals surface area contributed by atoms with Crippen molar-refractivity contribution in [3.8, 4) is 0 Å². The van der Waals surface area contributed by atoms with E-state index >= 15 is 0 Å². The van der Waals surface area contributed by atoms with Gasteiger partial charge in [-0.25, -0.2) is 8.42 Å². The molecule has 0 aliphatic heterocycles. The lowest BCUT2D eigenvalue weighted by molar-refractivity contribution is -0.140. The van der Waals surface area contributed by atoms with Gasteiger partial charge in [-0.05, 0) is 60.5 Å². The molecule has 0 saturated heterocycles. The van der Waals surface area contributed by atoms with Crippen LogP contribution < -0.4 is 9.62 Å². The Kier molecular flexibility index (Phi) is 11.5. The van der Waals surface area contributed by atoms with Gasteiger partial charge in [0.05, 0.1) is 21.2 Å². The molecule has 4 aromatic carbocycles. The summed E-state index contributed by atoms with van der Waals surface area (Å²) in [6, 6.07) is 24.6. The van der Waals surface area contributed by atoms with Crippen molar-refractivity contribution in [2.24, 2.45) is 0 Å². The number of nitrogens with zero attached hydrogens (tertiary/aromatic N) is 2. The fourth-order valence-corrected chi connectivity index (χ4v) is 6.91. The maximum atomic E-state index is 14.4. The molecule has 0 fully saturated rings. The third-order valence-electron chi connectivity index (χ3n) is 7.02. The summed E-state index contributed by atoms with van der Waals surface area (Å²) < 4.78 is 70.9. The molecule has 7 nitrogen and oxygen atoms in total. The Morgan fingerprint density at radius 1 is 0.891 bits per heavy atom. The molecule has 0 bridgehead atoms. The molecule has 0 aliphatic rings. The lowest BCUT2D eigenvalue weighted by atomic mass is 10.0. The summed E-state index contributed by atoms with van der Waals surface area (Å²) in [5, 5.41) is 2.13. The van der Waals surface area contributed by atoms with Crippen LogP contribution in [0.3, 0.4) is 0 Å². The number of hydrogen-bond acceptors (Lipinski definition) is 4. The summed E-state index contributed by atoms with van der Waals surface area (Å²) in [5.74, 6) is -1.28. The minimum Gasteiger partial charge on any atom is -0.355 e. The first-order valence-electron chi connectivity index (χ1n) is 14.1. The molecule has 2 amide bonds. The zero-order valence-corrected chi connectivity index (χ0v) is 27.7. The van der Waals surface area contributed by atoms with Crippen molar-refractivity contribution < 1.29 is 31.2 Å². The summed E-state index contributed by atoms with van der Waals surface area (Å²) in [6.07, 6.45) is -4.80. The van der Waals surface area contributed by atoms with Gasteiger partial charge in [0.1, 0.15) is 12.6 Å². The molecular weight excluding hydrogens is 707 g/mol. The SMILES string of the molecule is CCNC(=O)[C@H](Cc1ccccc1)N(Cc1cccc(Br)c1)C(=O)CN(c1ccc(Cl)c(C(F)(F)F)c1)S(=O)(=O)c1ccccc1. The molecule has 0 spiro atoms. The Balaban J connectivity index is 1.85. The molecule has 0 heterocycles. The Labute approximate surface area is 279 Å². The third-order valence-corrected chi connectivity index (χ3v) is 9.63. The lowest BCUT2D eigenvalue weighted by Gasteiger charge is -2.34. The topological polar surface area (TPSA) is 86.8 Å². The monoisotopic (exact) mass is 735 g/mol. The van der Waals surface area contributed by atoms with Gasteiger partial charge in [0.2, 0.25) is 11.8 Å². The summed E-state index contributed by atoms with van der Waals surface area (Å²) in [7, 11) is -4.59. The number of sulfonamides is 1. The van der Waals surface area contributed by atoms with E-state index in [0.717, 1.165) is 17.7 Å². The number of likely N-dealkylation sites (N-methyl/N-ethyl adjacent to an activating group) is 1. The Hall–Kier alpha value is -3.87. The molecule has 13 heteroatoms. The number of nitrogens with one attached hydrogen (secondary N) is 1. The van der Waals surface area contributed by atoms with Gasteiger partial charge in [-0.1, -0.05) is 88.2 Å². The fourth-order valence-electron chi connectivity index (χ4n) is 4.81. The minimum atomic E-state index is -4.90. The quantitative estimate of drug-likeness (QED) is 0.168. The van der Waals surface area contributed by atoms with Crippen molar-refractivity contribution in [1.29, 1.82) is 0 Å². The number of carbonyl (C=O) groups excluding carboxylic acids is 2. The number of alkyl halides is 3. The van der Waals surface area contributed by atoms with Crippen LogP contribution in [-0.2, 0) is 38.8 Å². The first-order valence-corrected chi connectivity index (χ1v) is 16.7. The summed E-state index contributed by atoms with van der Waals surface area (Å²) in [5.41, 5.74) is -0.308. The number of carbonyl (C=O) groups is 2. The Morgan fingerprint density at radius 2 is 1.52 bits per heavy atom. The number of hydrogen-bond donors (Lipinski definition) is 1. The average molecular weight is 737 g/mol. The van der Waals surface area contributed by atoms with Crippen molar-refractivity contribution >= 4 is 55.1 Å². The van der Waals surface area contributed by atoms with Crippen molar-refractivity contribution in [1.82, 2.24) is 10.2 Å². The molecule has 0 aromatic heterocycles. The van der Waals surface area contributed by atoms with Crippen LogP contribution in [0.4, 0.5) is 18.9 Å². The average Bonchev–Trinajstić information content (AvgIpc) is 3.02. The summed E-state index contributed by atoms with van der Waals surface area (Å²) in [4.78, 5) is 28.9. The van der Waals surface area contributed by atoms with E-state index in [1.54, 1.807) is 61.5 Å². The number of anilines is 1. The molecule has 4 aromatic rings. The van der Waals surface area contributed by atoms with Gasteiger partial charge in [0.25, 0.3) is 10.0 Å². The summed E-state index contributed by atoms with van der Waals surface area (Å²) >= 11 is 9.26. The predicted molar refractivity (Wildman–Crippen MR) is 175 cm³/mol. The zero-order valence-electron chi connectivity index (χ0n) is 24.5. The fraction of sp³-hybridized carbons (Fsp3) is 0.212. The van der Waals surface area contributed by atoms with Gasteiger partial charge in [-0.3, -0.25) is 13.9 Å².